The molecule has 30 heavy (non-hydrogen) atoms. The van der Waals surface area contributed by atoms with Gasteiger partial charge in [-0.05, 0) is 24.6 Å². The second kappa shape index (κ2) is 9.79. The number of nitrogens with one attached hydrogen (secondary N) is 1. The number of benzene rings is 1. The number of rotatable bonds is 9. The fraction of sp³-hybridized carbons (Fsp3) is 0.200. The van der Waals surface area contributed by atoms with Crippen LogP contribution in [0.3, 0.4) is 0 Å². The zero-order valence-electron chi connectivity index (χ0n) is 16.3. The Kier molecular flexibility index (Phi) is 6.91. The summed E-state index contributed by atoms with van der Waals surface area (Å²) < 4.78 is 1.89. The van der Waals surface area contributed by atoms with Crippen molar-refractivity contribution in [3.8, 4) is 11.4 Å². The third-order valence-electron chi connectivity index (χ3n) is 4.20. The molecule has 0 aliphatic carbocycles. The van der Waals surface area contributed by atoms with Gasteiger partial charge in [-0.15, -0.1) is 16.8 Å². The quantitative estimate of drug-likeness (QED) is 0.239. The van der Waals surface area contributed by atoms with Crippen LogP contribution in [-0.4, -0.2) is 35.8 Å². The Balaban J connectivity index is 1.80. The molecule has 0 aliphatic heterocycles. The Labute approximate surface area is 177 Å². The summed E-state index contributed by atoms with van der Waals surface area (Å²) in [6.45, 7) is 6.17. The van der Waals surface area contributed by atoms with Crippen molar-refractivity contribution in [1.82, 2.24) is 19.7 Å². The molecule has 0 bridgehead atoms. The lowest BCUT2D eigenvalue weighted by Crippen LogP contribution is -2.25. The number of hydrogen-bond donors (Lipinski definition) is 1. The van der Waals surface area contributed by atoms with Crippen LogP contribution in [0.4, 0.5) is 11.4 Å². The topological polar surface area (TPSA) is 116 Å². The molecular formula is C20H20N6O3S. The number of carbonyl (C=O) groups is 1. The summed E-state index contributed by atoms with van der Waals surface area (Å²) in [5.74, 6) is 0.398. The highest BCUT2D eigenvalue weighted by Crippen LogP contribution is 2.29. The molecule has 1 aromatic carbocycles. The minimum Gasteiger partial charge on any atom is -0.325 e. The normalized spacial score (nSPS) is 11.6. The maximum Gasteiger partial charge on any atom is 0.271 e. The van der Waals surface area contributed by atoms with Gasteiger partial charge in [-0.2, -0.15) is 0 Å². The highest BCUT2D eigenvalue weighted by molar-refractivity contribution is 8.00. The maximum absolute atomic E-state index is 12.8. The van der Waals surface area contributed by atoms with Crippen molar-refractivity contribution in [3.63, 3.8) is 0 Å². The van der Waals surface area contributed by atoms with Crippen LogP contribution in [0.1, 0.15) is 13.3 Å². The minimum absolute atomic E-state index is 0.0822. The van der Waals surface area contributed by atoms with Gasteiger partial charge in [0.05, 0.1) is 10.2 Å². The van der Waals surface area contributed by atoms with Gasteiger partial charge in [-0.3, -0.25) is 24.5 Å². The fourth-order valence-electron chi connectivity index (χ4n) is 2.75. The van der Waals surface area contributed by atoms with Crippen LogP contribution in [0, 0.1) is 10.1 Å². The number of anilines is 1. The van der Waals surface area contributed by atoms with Gasteiger partial charge in [0.1, 0.15) is 0 Å². The average molecular weight is 424 g/mol. The van der Waals surface area contributed by atoms with Gasteiger partial charge in [0.15, 0.2) is 11.0 Å². The smallest absolute Gasteiger partial charge is 0.271 e. The Morgan fingerprint density at radius 2 is 2.10 bits per heavy atom. The van der Waals surface area contributed by atoms with Crippen LogP contribution in [0.5, 0.6) is 0 Å². The predicted molar refractivity (Wildman–Crippen MR) is 115 cm³/mol. The molecule has 1 N–H and O–H groups in total. The Morgan fingerprint density at radius 1 is 1.33 bits per heavy atom. The average Bonchev–Trinajstić information content (AvgIpc) is 3.15. The highest BCUT2D eigenvalue weighted by Gasteiger charge is 2.23. The molecule has 3 aromatic rings. The minimum atomic E-state index is -0.500. The van der Waals surface area contributed by atoms with Crippen molar-refractivity contribution < 1.29 is 9.72 Å². The Bertz CT molecular complexity index is 1050. The molecule has 0 saturated heterocycles. The van der Waals surface area contributed by atoms with Gasteiger partial charge in [0.2, 0.25) is 5.91 Å². The number of nitro benzene ring substituents is 1. The van der Waals surface area contributed by atoms with E-state index in [0.717, 1.165) is 5.56 Å². The van der Waals surface area contributed by atoms with Gasteiger partial charge in [-0.25, -0.2) is 0 Å². The van der Waals surface area contributed by atoms with E-state index in [-0.39, 0.29) is 11.6 Å². The first-order valence-electron chi connectivity index (χ1n) is 9.20. The Hall–Kier alpha value is -3.53. The number of nitro groups is 1. The van der Waals surface area contributed by atoms with E-state index < -0.39 is 10.2 Å². The number of hydrogen-bond acceptors (Lipinski definition) is 7. The molecule has 3 rings (SSSR count). The lowest BCUT2D eigenvalue weighted by atomic mass is 10.2. The van der Waals surface area contributed by atoms with Gasteiger partial charge < -0.3 is 5.32 Å². The van der Waals surface area contributed by atoms with E-state index in [9.17, 15) is 14.9 Å². The molecule has 0 spiro atoms. The molecule has 0 saturated carbocycles. The fourth-order valence-corrected chi connectivity index (χ4v) is 3.72. The van der Waals surface area contributed by atoms with Crippen molar-refractivity contribution in [2.24, 2.45) is 0 Å². The molecule has 0 radical (unpaired) electrons. The number of aromatic nitrogens is 4. The van der Waals surface area contributed by atoms with E-state index in [2.05, 4.69) is 27.1 Å². The predicted octanol–water partition coefficient (Wildman–Crippen LogP) is 3.94. The molecule has 1 atom stereocenters. The lowest BCUT2D eigenvalue weighted by Gasteiger charge is -2.15. The molecule has 0 unspecified atom stereocenters. The molecule has 10 heteroatoms. The zero-order valence-corrected chi connectivity index (χ0v) is 17.1. The summed E-state index contributed by atoms with van der Waals surface area (Å²) in [6, 6.07) is 9.53. The van der Waals surface area contributed by atoms with Crippen LogP contribution < -0.4 is 5.32 Å². The number of thioether (sulfide) groups is 1. The first-order chi connectivity index (χ1) is 14.5. The molecule has 0 aliphatic rings. The number of pyridine rings is 1. The third-order valence-corrected chi connectivity index (χ3v) is 5.55. The van der Waals surface area contributed by atoms with E-state index in [1.807, 2.05) is 23.6 Å². The first kappa shape index (κ1) is 21.2. The molecular weight excluding hydrogens is 404 g/mol. The molecule has 0 fully saturated rings. The number of carbonyl (C=O) groups excluding carboxylic acids is 1. The van der Waals surface area contributed by atoms with Crippen LogP contribution >= 0.6 is 11.8 Å². The highest BCUT2D eigenvalue weighted by atomic mass is 32.2. The van der Waals surface area contributed by atoms with Gasteiger partial charge in [0.25, 0.3) is 5.69 Å². The largest absolute Gasteiger partial charge is 0.325 e. The third kappa shape index (κ3) is 4.90. The summed E-state index contributed by atoms with van der Waals surface area (Å²) in [7, 11) is 0. The SMILES string of the molecule is C=CCn1c(S[C@H](CC)C(=O)Nc2cccc([N+](=O)[O-])c2)nnc1-c1ccncc1. The molecule has 1 amide bonds. The summed E-state index contributed by atoms with van der Waals surface area (Å²) in [5.41, 5.74) is 1.15. The molecule has 2 aromatic heterocycles. The van der Waals surface area contributed by atoms with Gasteiger partial charge in [-0.1, -0.05) is 30.8 Å². The van der Waals surface area contributed by atoms with Crippen molar-refractivity contribution in [1.29, 1.82) is 0 Å². The number of amides is 1. The molecule has 154 valence electrons. The van der Waals surface area contributed by atoms with E-state index in [1.165, 1.54) is 30.0 Å². The number of non-ortho nitro benzene ring substituents is 1. The van der Waals surface area contributed by atoms with Crippen LogP contribution in [0.25, 0.3) is 11.4 Å². The molecule has 9 nitrogen and oxygen atoms in total. The van der Waals surface area contributed by atoms with Crippen molar-refractivity contribution in [2.45, 2.75) is 30.3 Å². The number of allylic oxidation sites excluding steroid dienone is 1. The van der Waals surface area contributed by atoms with Crippen LogP contribution in [0.15, 0.2) is 66.6 Å². The maximum atomic E-state index is 12.8. The van der Waals surface area contributed by atoms with Gasteiger partial charge in [0, 0.05) is 42.3 Å². The lowest BCUT2D eigenvalue weighted by molar-refractivity contribution is -0.384. The summed E-state index contributed by atoms with van der Waals surface area (Å²) >= 11 is 1.29. The van der Waals surface area contributed by atoms with E-state index in [0.29, 0.717) is 29.6 Å². The molecule has 2 heterocycles. The van der Waals surface area contributed by atoms with Crippen molar-refractivity contribution in [3.05, 3.63) is 71.6 Å². The standard InChI is InChI=1S/C20H20N6O3S/c1-3-12-25-18(14-8-10-21-11-9-14)23-24-20(25)30-17(4-2)19(27)22-15-6-5-7-16(13-15)26(28)29/h3,5-11,13,17H,1,4,12H2,2H3,(H,22,27)/t17-/m1/s1. The first-order valence-corrected chi connectivity index (χ1v) is 10.1. The summed E-state index contributed by atoms with van der Waals surface area (Å²) in [4.78, 5) is 27.3. The summed E-state index contributed by atoms with van der Waals surface area (Å²) in [6.07, 6.45) is 5.63. The van der Waals surface area contributed by atoms with Crippen molar-refractivity contribution in [2.75, 3.05) is 5.32 Å². The van der Waals surface area contributed by atoms with Crippen molar-refractivity contribution >= 4 is 29.0 Å². The monoisotopic (exact) mass is 424 g/mol. The second-order valence-corrected chi connectivity index (χ2v) is 7.42. The van der Waals surface area contributed by atoms with Crippen LogP contribution in [0.2, 0.25) is 0 Å². The van der Waals surface area contributed by atoms with Gasteiger partial charge >= 0.3 is 0 Å². The van der Waals surface area contributed by atoms with E-state index >= 15 is 0 Å². The van der Waals surface area contributed by atoms with Crippen LogP contribution in [-0.2, 0) is 11.3 Å². The van der Waals surface area contributed by atoms with E-state index in [4.69, 9.17) is 0 Å². The van der Waals surface area contributed by atoms with E-state index in [1.54, 1.807) is 24.5 Å². The zero-order chi connectivity index (χ0) is 21.5. The Morgan fingerprint density at radius 3 is 2.77 bits per heavy atom. The summed E-state index contributed by atoms with van der Waals surface area (Å²) in [5, 5.41) is 22.4. The second-order valence-electron chi connectivity index (χ2n) is 6.25. The number of nitrogens with zero attached hydrogens (tertiary/aromatic N) is 5.